The lowest BCUT2D eigenvalue weighted by molar-refractivity contribution is -0.125. The number of amides is 2. The predicted molar refractivity (Wildman–Crippen MR) is 69.9 cm³/mol. The maximum atomic E-state index is 11.5. The molecule has 2 bridgehead atoms. The van der Waals surface area contributed by atoms with Crippen LogP contribution in [0.4, 0.5) is 0 Å². The molecule has 4 atom stereocenters. The Balaban J connectivity index is 1.90. The lowest BCUT2D eigenvalue weighted by atomic mass is 9.65. The first kappa shape index (κ1) is 13.4. The van der Waals surface area contributed by atoms with Crippen molar-refractivity contribution in [1.82, 2.24) is 10.6 Å². The van der Waals surface area contributed by atoms with Crippen LogP contribution in [0, 0.1) is 11.8 Å². The average molecular weight is 252 g/mol. The number of hydrogen-bond donors (Lipinski definition) is 2. The van der Waals surface area contributed by atoms with Gasteiger partial charge in [0.25, 0.3) is 0 Å². The second-order valence-electron chi connectivity index (χ2n) is 5.62. The summed E-state index contributed by atoms with van der Waals surface area (Å²) in [6, 6.07) is 0.678. The fourth-order valence-electron chi connectivity index (χ4n) is 3.40. The Morgan fingerprint density at radius 3 is 1.56 bits per heavy atom. The predicted octanol–water partition coefficient (Wildman–Crippen LogP) is 1.60. The van der Waals surface area contributed by atoms with E-state index < -0.39 is 0 Å². The van der Waals surface area contributed by atoms with Crippen LogP contribution in [0.25, 0.3) is 0 Å². The molecule has 4 nitrogen and oxygen atoms in total. The summed E-state index contributed by atoms with van der Waals surface area (Å²) in [5.74, 6) is 1.41. The van der Waals surface area contributed by atoms with Gasteiger partial charge in [-0.05, 0) is 37.5 Å². The van der Waals surface area contributed by atoms with Crippen molar-refractivity contribution >= 4 is 11.8 Å². The second kappa shape index (κ2) is 5.72. The fourth-order valence-corrected chi connectivity index (χ4v) is 3.40. The normalized spacial score (nSPS) is 34.1. The molecule has 102 valence electrons. The molecule has 0 aromatic carbocycles. The summed E-state index contributed by atoms with van der Waals surface area (Å²) in [5, 5.41) is 6.27. The molecule has 18 heavy (non-hydrogen) atoms. The third kappa shape index (κ3) is 2.85. The SMILES string of the molecule is CCC(=O)NC1CC2CCC1CC2NC(=O)CC. The van der Waals surface area contributed by atoms with Gasteiger partial charge in [-0.1, -0.05) is 13.8 Å². The minimum atomic E-state index is 0.154. The maximum Gasteiger partial charge on any atom is 0.219 e. The molecule has 3 fully saturated rings. The largest absolute Gasteiger partial charge is 0.353 e. The number of nitrogens with one attached hydrogen (secondary N) is 2. The van der Waals surface area contributed by atoms with E-state index in [4.69, 9.17) is 0 Å². The van der Waals surface area contributed by atoms with Crippen LogP contribution >= 0.6 is 0 Å². The highest BCUT2D eigenvalue weighted by atomic mass is 16.2. The van der Waals surface area contributed by atoms with E-state index in [9.17, 15) is 9.59 Å². The molecule has 3 aliphatic carbocycles. The van der Waals surface area contributed by atoms with Gasteiger partial charge in [0.15, 0.2) is 0 Å². The molecule has 3 rings (SSSR count). The molecule has 0 aromatic rings. The smallest absolute Gasteiger partial charge is 0.219 e. The van der Waals surface area contributed by atoms with Crippen LogP contribution in [0.15, 0.2) is 0 Å². The minimum Gasteiger partial charge on any atom is -0.353 e. The van der Waals surface area contributed by atoms with E-state index in [1.807, 2.05) is 13.8 Å². The summed E-state index contributed by atoms with van der Waals surface area (Å²) in [5.41, 5.74) is 0. The van der Waals surface area contributed by atoms with Crippen molar-refractivity contribution in [1.29, 1.82) is 0 Å². The van der Waals surface area contributed by atoms with E-state index in [1.54, 1.807) is 0 Å². The molecular formula is C14H24N2O2. The molecule has 0 heterocycles. The highest BCUT2D eigenvalue weighted by Gasteiger charge is 2.42. The Morgan fingerprint density at radius 2 is 1.28 bits per heavy atom. The summed E-state index contributed by atoms with van der Waals surface area (Å²) >= 11 is 0. The van der Waals surface area contributed by atoms with Gasteiger partial charge in [-0.25, -0.2) is 0 Å². The fraction of sp³-hybridized carbons (Fsp3) is 0.857. The van der Waals surface area contributed by atoms with Crippen LogP contribution in [-0.4, -0.2) is 23.9 Å². The van der Waals surface area contributed by atoms with Crippen LogP contribution in [0.3, 0.4) is 0 Å². The molecule has 4 heteroatoms. The minimum absolute atomic E-state index is 0.154. The Hall–Kier alpha value is -1.06. The van der Waals surface area contributed by atoms with Crippen molar-refractivity contribution in [3.05, 3.63) is 0 Å². The molecule has 4 unspecified atom stereocenters. The first-order chi connectivity index (χ1) is 8.63. The second-order valence-corrected chi connectivity index (χ2v) is 5.62. The average Bonchev–Trinajstić information content (AvgIpc) is 2.39. The van der Waals surface area contributed by atoms with Crippen LogP contribution < -0.4 is 10.6 Å². The zero-order chi connectivity index (χ0) is 13.1. The standard InChI is InChI=1S/C14H24N2O2/c1-3-13(17)15-11-7-10-6-5-9(11)8-12(10)16-14(18)4-2/h9-12H,3-8H2,1-2H3,(H,15,17)(H,16,18). The van der Waals surface area contributed by atoms with Crippen molar-refractivity contribution in [2.45, 2.75) is 64.5 Å². The van der Waals surface area contributed by atoms with Crippen molar-refractivity contribution in [2.24, 2.45) is 11.8 Å². The Bertz CT molecular complexity index is 298. The lowest BCUT2D eigenvalue weighted by Crippen LogP contribution is -2.56. The molecule has 2 N–H and O–H groups in total. The molecule has 2 amide bonds. The van der Waals surface area contributed by atoms with Gasteiger partial charge in [0.1, 0.15) is 0 Å². The number of rotatable bonds is 4. The molecular weight excluding hydrogens is 228 g/mol. The van der Waals surface area contributed by atoms with Gasteiger partial charge in [0.2, 0.25) is 11.8 Å². The van der Waals surface area contributed by atoms with Crippen molar-refractivity contribution in [3.8, 4) is 0 Å². The van der Waals surface area contributed by atoms with Gasteiger partial charge in [-0.2, -0.15) is 0 Å². The van der Waals surface area contributed by atoms with Gasteiger partial charge in [0.05, 0.1) is 0 Å². The first-order valence-corrected chi connectivity index (χ1v) is 7.22. The van der Waals surface area contributed by atoms with Crippen LogP contribution in [0.2, 0.25) is 0 Å². The molecule has 3 saturated carbocycles. The van der Waals surface area contributed by atoms with Gasteiger partial charge in [-0.15, -0.1) is 0 Å². The zero-order valence-corrected chi connectivity index (χ0v) is 11.4. The lowest BCUT2D eigenvalue weighted by Gasteiger charge is -2.47. The third-order valence-corrected chi connectivity index (χ3v) is 4.49. The Kier molecular flexibility index (Phi) is 4.25. The highest BCUT2D eigenvalue weighted by molar-refractivity contribution is 5.76. The number of fused-ring (bicyclic) bond motifs is 3. The molecule has 0 saturated heterocycles. The van der Waals surface area contributed by atoms with E-state index in [2.05, 4.69) is 10.6 Å². The van der Waals surface area contributed by atoms with E-state index in [0.717, 1.165) is 12.8 Å². The van der Waals surface area contributed by atoms with E-state index in [0.29, 0.717) is 36.8 Å². The summed E-state index contributed by atoms with van der Waals surface area (Å²) in [6.45, 7) is 3.78. The first-order valence-electron chi connectivity index (χ1n) is 7.22. The molecule has 0 radical (unpaired) electrons. The van der Waals surface area contributed by atoms with E-state index in [-0.39, 0.29) is 11.8 Å². The van der Waals surface area contributed by atoms with Crippen molar-refractivity contribution in [2.75, 3.05) is 0 Å². The number of carbonyl (C=O) groups excluding carboxylic acids is 2. The summed E-state index contributed by atoms with van der Waals surface area (Å²) < 4.78 is 0. The van der Waals surface area contributed by atoms with Gasteiger partial charge >= 0.3 is 0 Å². The van der Waals surface area contributed by atoms with E-state index >= 15 is 0 Å². The third-order valence-electron chi connectivity index (χ3n) is 4.49. The summed E-state index contributed by atoms with van der Waals surface area (Å²) in [6.07, 6.45) is 5.57. The highest BCUT2D eigenvalue weighted by Crippen LogP contribution is 2.41. The Labute approximate surface area is 109 Å². The summed E-state index contributed by atoms with van der Waals surface area (Å²) in [4.78, 5) is 23.0. The zero-order valence-electron chi connectivity index (χ0n) is 11.4. The quantitative estimate of drug-likeness (QED) is 0.798. The van der Waals surface area contributed by atoms with Crippen LogP contribution in [-0.2, 0) is 9.59 Å². The van der Waals surface area contributed by atoms with Gasteiger partial charge < -0.3 is 10.6 Å². The van der Waals surface area contributed by atoms with E-state index in [1.165, 1.54) is 12.8 Å². The maximum absolute atomic E-state index is 11.5. The monoisotopic (exact) mass is 252 g/mol. The number of carbonyl (C=O) groups is 2. The Morgan fingerprint density at radius 1 is 0.889 bits per heavy atom. The van der Waals surface area contributed by atoms with Gasteiger partial charge in [0, 0.05) is 24.9 Å². The van der Waals surface area contributed by atoms with Gasteiger partial charge in [-0.3, -0.25) is 9.59 Å². The van der Waals surface area contributed by atoms with Crippen molar-refractivity contribution < 1.29 is 9.59 Å². The molecule has 0 aliphatic heterocycles. The molecule has 0 aromatic heterocycles. The molecule has 0 spiro atoms. The molecule has 3 aliphatic rings. The topological polar surface area (TPSA) is 58.2 Å². The number of hydrogen-bond acceptors (Lipinski definition) is 2. The van der Waals surface area contributed by atoms with Crippen LogP contribution in [0.1, 0.15) is 52.4 Å². The van der Waals surface area contributed by atoms with Crippen molar-refractivity contribution in [3.63, 3.8) is 0 Å². The van der Waals surface area contributed by atoms with Crippen LogP contribution in [0.5, 0.6) is 0 Å². The summed E-state index contributed by atoms with van der Waals surface area (Å²) in [7, 11) is 0.